The maximum absolute atomic E-state index is 10.9. The van der Waals surface area contributed by atoms with Crippen molar-refractivity contribution in [2.75, 3.05) is 40.3 Å². The van der Waals surface area contributed by atoms with Crippen molar-refractivity contribution >= 4 is 12.2 Å². The maximum atomic E-state index is 10.9. The van der Waals surface area contributed by atoms with Gasteiger partial charge < -0.3 is 15.4 Å². The number of carbonyl (C=O) groups is 1. The van der Waals surface area contributed by atoms with Crippen LogP contribution in [-0.4, -0.2) is 67.5 Å². The van der Waals surface area contributed by atoms with E-state index in [0.717, 1.165) is 30.8 Å². The molecule has 2 rings (SSSR count). The number of ether oxygens (including phenoxy) is 1. The summed E-state index contributed by atoms with van der Waals surface area (Å²) in [5, 5.41) is 5.36. The van der Waals surface area contributed by atoms with Crippen LogP contribution in [0, 0.1) is 0 Å². The van der Waals surface area contributed by atoms with Crippen LogP contribution in [0.4, 0.5) is 0 Å². The largest absolute Gasteiger partial charge is 0.497 e. The lowest BCUT2D eigenvalue weighted by atomic mass is 10.0. The van der Waals surface area contributed by atoms with E-state index in [1.165, 1.54) is 5.12 Å². The third-order valence-electron chi connectivity index (χ3n) is 3.85. The molecule has 8 nitrogen and oxygen atoms in total. The molecule has 1 saturated heterocycles. The predicted molar refractivity (Wildman–Crippen MR) is 88.5 cm³/mol. The summed E-state index contributed by atoms with van der Waals surface area (Å²) >= 11 is 0. The van der Waals surface area contributed by atoms with Crippen LogP contribution >= 0.6 is 0 Å². The summed E-state index contributed by atoms with van der Waals surface area (Å²) in [6.07, 6.45) is 0.880. The first-order valence-corrected chi connectivity index (χ1v) is 7.45. The van der Waals surface area contributed by atoms with Gasteiger partial charge in [-0.2, -0.15) is 0 Å². The summed E-state index contributed by atoms with van der Waals surface area (Å²) in [7, 11) is 3.26. The van der Waals surface area contributed by atoms with Crippen molar-refractivity contribution in [3.05, 3.63) is 29.8 Å². The fourth-order valence-electron chi connectivity index (χ4n) is 2.69. The molecule has 1 aliphatic heterocycles. The minimum Gasteiger partial charge on any atom is -0.497 e. The van der Waals surface area contributed by atoms with Gasteiger partial charge in [-0.05, 0) is 17.7 Å². The molecule has 23 heavy (non-hydrogen) atoms. The Bertz CT molecular complexity index is 537. The molecule has 1 heterocycles. The quantitative estimate of drug-likeness (QED) is 0.243. The Kier molecular flexibility index (Phi) is 5.78. The van der Waals surface area contributed by atoms with E-state index in [9.17, 15) is 4.79 Å². The zero-order valence-corrected chi connectivity index (χ0v) is 13.6. The highest BCUT2D eigenvalue weighted by molar-refractivity contribution is 5.86. The van der Waals surface area contributed by atoms with Crippen LogP contribution in [0.15, 0.2) is 29.4 Å². The summed E-state index contributed by atoms with van der Waals surface area (Å²) < 4.78 is 5.20. The van der Waals surface area contributed by atoms with Gasteiger partial charge in [-0.25, -0.2) is 11.0 Å². The SMILES string of the molecule is COc1ccc(C(/C(N)=N/N(C)N)N2CCN(C=O)CC2)cc1. The number of amides is 1. The zero-order valence-electron chi connectivity index (χ0n) is 13.6. The number of hydrogen-bond donors (Lipinski definition) is 2. The topological polar surface area (TPSA) is 100 Å². The second kappa shape index (κ2) is 7.80. The van der Waals surface area contributed by atoms with Gasteiger partial charge in [-0.1, -0.05) is 12.1 Å². The zero-order chi connectivity index (χ0) is 16.8. The predicted octanol–water partition coefficient (Wildman–Crippen LogP) is -0.412. The lowest BCUT2D eigenvalue weighted by Crippen LogP contribution is -2.50. The van der Waals surface area contributed by atoms with Crippen molar-refractivity contribution in [2.45, 2.75) is 6.04 Å². The Hall–Kier alpha value is -2.32. The van der Waals surface area contributed by atoms with E-state index in [0.29, 0.717) is 18.9 Å². The molecule has 0 saturated carbocycles. The number of methoxy groups -OCH3 is 1. The number of amidine groups is 1. The van der Waals surface area contributed by atoms with Gasteiger partial charge in [0.05, 0.1) is 13.2 Å². The van der Waals surface area contributed by atoms with Gasteiger partial charge in [0.2, 0.25) is 6.41 Å². The third kappa shape index (κ3) is 4.33. The van der Waals surface area contributed by atoms with Crippen LogP contribution in [0.2, 0.25) is 0 Å². The van der Waals surface area contributed by atoms with Crippen molar-refractivity contribution in [1.29, 1.82) is 0 Å². The van der Waals surface area contributed by atoms with Crippen LogP contribution in [0.3, 0.4) is 0 Å². The molecular formula is C15H24N6O2. The van der Waals surface area contributed by atoms with Gasteiger partial charge in [0.15, 0.2) is 0 Å². The highest BCUT2D eigenvalue weighted by Crippen LogP contribution is 2.24. The van der Waals surface area contributed by atoms with Crippen molar-refractivity contribution in [1.82, 2.24) is 14.9 Å². The van der Waals surface area contributed by atoms with Gasteiger partial charge in [-0.3, -0.25) is 9.69 Å². The number of rotatable bonds is 6. The molecule has 1 amide bonds. The van der Waals surface area contributed by atoms with E-state index in [2.05, 4.69) is 10.0 Å². The third-order valence-corrected chi connectivity index (χ3v) is 3.85. The van der Waals surface area contributed by atoms with E-state index < -0.39 is 0 Å². The number of nitrogens with two attached hydrogens (primary N) is 2. The first kappa shape index (κ1) is 17.0. The normalized spacial score (nSPS) is 17.7. The number of piperazine rings is 1. The standard InChI is InChI=1S/C15H24N6O2/c1-19(17)18-15(16)14(12-3-5-13(23-2)6-4-12)21-9-7-20(11-22)8-10-21/h3-6,11,14H,7-10,17H2,1-2H3,(H2,16,18). The van der Waals surface area contributed by atoms with Crippen molar-refractivity contribution < 1.29 is 9.53 Å². The molecule has 1 aromatic carbocycles. The summed E-state index contributed by atoms with van der Waals surface area (Å²) in [6.45, 7) is 2.78. The second-order valence-corrected chi connectivity index (χ2v) is 5.45. The Balaban J connectivity index is 2.26. The fourth-order valence-corrected chi connectivity index (χ4v) is 2.69. The van der Waals surface area contributed by atoms with E-state index in [4.69, 9.17) is 16.3 Å². The number of nitrogens with zero attached hydrogens (tertiary/aromatic N) is 4. The van der Waals surface area contributed by atoms with Crippen molar-refractivity contribution in [2.24, 2.45) is 16.7 Å². The van der Waals surface area contributed by atoms with E-state index in [1.807, 2.05) is 24.3 Å². The van der Waals surface area contributed by atoms with E-state index in [1.54, 1.807) is 19.1 Å². The molecule has 1 atom stereocenters. The molecule has 1 aromatic rings. The number of hydrazine groups is 1. The van der Waals surface area contributed by atoms with Gasteiger partial charge in [-0.15, -0.1) is 5.10 Å². The number of hydrazone groups is 1. The number of benzene rings is 1. The first-order valence-electron chi connectivity index (χ1n) is 7.45. The molecule has 1 aliphatic rings. The van der Waals surface area contributed by atoms with Crippen LogP contribution in [0.25, 0.3) is 0 Å². The maximum Gasteiger partial charge on any atom is 0.209 e. The number of carbonyl (C=O) groups excluding carboxylic acids is 1. The molecule has 0 radical (unpaired) electrons. The lowest BCUT2D eigenvalue weighted by molar-refractivity contribution is -0.119. The van der Waals surface area contributed by atoms with E-state index >= 15 is 0 Å². The average molecular weight is 320 g/mol. The Morgan fingerprint density at radius 2 is 1.91 bits per heavy atom. The molecule has 4 N–H and O–H groups in total. The lowest BCUT2D eigenvalue weighted by Gasteiger charge is -2.38. The van der Waals surface area contributed by atoms with Crippen LogP contribution in [-0.2, 0) is 4.79 Å². The van der Waals surface area contributed by atoms with Crippen molar-refractivity contribution in [3.63, 3.8) is 0 Å². The summed E-state index contributed by atoms with van der Waals surface area (Å²) in [5.74, 6) is 6.80. The van der Waals surface area contributed by atoms with Crippen molar-refractivity contribution in [3.8, 4) is 5.75 Å². The first-order chi connectivity index (χ1) is 11.0. The van der Waals surface area contributed by atoms with Gasteiger partial charge in [0.25, 0.3) is 0 Å². The summed E-state index contributed by atoms with van der Waals surface area (Å²) in [4.78, 5) is 14.8. The van der Waals surface area contributed by atoms with Crippen LogP contribution < -0.4 is 16.3 Å². The molecule has 0 spiro atoms. The highest BCUT2D eigenvalue weighted by atomic mass is 16.5. The minimum absolute atomic E-state index is 0.194. The molecule has 1 unspecified atom stereocenters. The highest BCUT2D eigenvalue weighted by Gasteiger charge is 2.27. The van der Waals surface area contributed by atoms with E-state index in [-0.39, 0.29) is 6.04 Å². The summed E-state index contributed by atoms with van der Waals surface area (Å²) in [6, 6.07) is 7.52. The van der Waals surface area contributed by atoms with Gasteiger partial charge >= 0.3 is 0 Å². The minimum atomic E-state index is -0.194. The smallest absolute Gasteiger partial charge is 0.209 e. The average Bonchev–Trinajstić information content (AvgIpc) is 2.55. The molecule has 126 valence electrons. The number of hydrogen-bond acceptors (Lipinski definition) is 6. The second-order valence-electron chi connectivity index (χ2n) is 5.45. The van der Waals surface area contributed by atoms with Gasteiger partial charge in [0, 0.05) is 33.2 Å². The summed E-state index contributed by atoms with van der Waals surface area (Å²) in [5.41, 5.74) is 7.20. The molecule has 0 aromatic heterocycles. The Labute approximate surface area is 136 Å². The molecule has 1 fully saturated rings. The molecular weight excluding hydrogens is 296 g/mol. The van der Waals surface area contributed by atoms with Crippen LogP contribution in [0.5, 0.6) is 5.75 Å². The van der Waals surface area contributed by atoms with Gasteiger partial charge in [0.1, 0.15) is 11.6 Å². The fraction of sp³-hybridized carbons (Fsp3) is 0.467. The molecule has 8 heteroatoms. The Morgan fingerprint density at radius 1 is 1.30 bits per heavy atom. The monoisotopic (exact) mass is 320 g/mol. The molecule has 0 bridgehead atoms. The Morgan fingerprint density at radius 3 is 2.39 bits per heavy atom. The van der Waals surface area contributed by atoms with Crippen LogP contribution in [0.1, 0.15) is 11.6 Å². The molecule has 0 aliphatic carbocycles.